The van der Waals surface area contributed by atoms with Crippen LogP contribution < -0.4 is 10.6 Å². The number of halogens is 1. The Morgan fingerprint density at radius 3 is 2.35 bits per heavy atom. The molecule has 0 saturated heterocycles. The Bertz CT molecular complexity index is 905. The second-order valence-electron chi connectivity index (χ2n) is 5.73. The maximum Gasteiger partial charge on any atom is 0.291 e. The molecule has 26 heavy (non-hydrogen) atoms. The van der Waals surface area contributed by atoms with Gasteiger partial charge in [0.25, 0.3) is 11.8 Å². The van der Waals surface area contributed by atoms with E-state index >= 15 is 0 Å². The van der Waals surface area contributed by atoms with Gasteiger partial charge in [0.15, 0.2) is 5.76 Å². The van der Waals surface area contributed by atoms with Crippen molar-refractivity contribution >= 4 is 33.4 Å². The van der Waals surface area contributed by atoms with Crippen molar-refractivity contribution in [2.45, 2.75) is 13.0 Å². The zero-order chi connectivity index (χ0) is 18.5. The molecule has 1 aromatic heterocycles. The number of carbonyl (C=O) groups excluding carboxylic acids is 2. The third kappa shape index (κ3) is 4.21. The second-order valence-corrected chi connectivity index (χ2v) is 6.58. The minimum absolute atomic E-state index is 0.142. The van der Waals surface area contributed by atoms with Crippen molar-refractivity contribution in [1.82, 2.24) is 5.32 Å². The highest BCUT2D eigenvalue weighted by molar-refractivity contribution is 9.10. The van der Waals surface area contributed by atoms with Gasteiger partial charge in [-0.1, -0.05) is 34.1 Å². The summed E-state index contributed by atoms with van der Waals surface area (Å²) in [6.45, 7) is 1.93. The number of anilines is 1. The van der Waals surface area contributed by atoms with Crippen LogP contribution in [0.2, 0.25) is 0 Å². The highest BCUT2D eigenvalue weighted by Crippen LogP contribution is 2.23. The smallest absolute Gasteiger partial charge is 0.291 e. The van der Waals surface area contributed by atoms with Crippen LogP contribution in [-0.2, 0) is 0 Å². The van der Waals surface area contributed by atoms with Crippen LogP contribution in [0.3, 0.4) is 0 Å². The normalized spacial score (nSPS) is 11.6. The number of furan rings is 1. The summed E-state index contributed by atoms with van der Waals surface area (Å²) >= 11 is 3.49. The van der Waals surface area contributed by atoms with Gasteiger partial charge in [0.2, 0.25) is 0 Å². The molecule has 1 heterocycles. The Morgan fingerprint density at radius 2 is 1.69 bits per heavy atom. The lowest BCUT2D eigenvalue weighted by Gasteiger charge is -2.16. The standard InChI is InChI=1S/C20H17BrN2O3/c1-13(16-5-2-3-6-17(16)21)22-19(24)14-8-10-15(11-9-14)23-20(25)18-7-4-12-26-18/h2-13H,1H3,(H,22,24)(H,23,25)/t13-/m1/s1. The molecule has 2 aromatic carbocycles. The number of hydrogen-bond donors (Lipinski definition) is 2. The number of rotatable bonds is 5. The molecule has 132 valence electrons. The fourth-order valence-electron chi connectivity index (χ4n) is 2.49. The molecule has 0 unspecified atom stereocenters. The monoisotopic (exact) mass is 412 g/mol. The number of benzene rings is 2. The highest BCUT2D eigenvalue weighted by Gasteiger charge is 2.14. The molecule has 0 saturated carbocycles. The number of amides is 2. The largest absolute Gasteiger partial charge is 0.459 e. The summed E-state index contributed by atoms with van der Waals surface area (Å²) in [6.07, 6.45) is 1.44. The SMILES string of the molecule is C[C@@H](NC(=O)c1ccc(NC(=O)c2ccco2)cc1)c1ccccc1Br. The van der Waals surface area contributed by atoms with E-state index in [2.05, 4.69) is 26.6 Å². The first-order valence-electron chi connectivity index (χ1n) is 8.05. The molecule has 0 aliphatic heterocycles. The van der Waals surface area contributed by atoms with Crippen LogP contribution in [-0.4, -0.2) is 11.8 Å². The Labute approximate surface area is 159 Å². The molecule has 0 fully saturated rings. The first-order chi connectivity index (χ1) is 12.5. The third-order valence-corrected chi connectivity index (χ3v) is 4.59. The maximum atomic E-state index is 12.4. The van der Waals surface area contributed by atoms with Crippen molar-refractivity contribution in [2.75, 3.05) is 5.32 Å². The van der Waals surface area contributed by atoms with Gasteiger partial charge in [0.05, 0.1) is 12.3 Å². The van der Waals surface area contributed by atoms with Crippen LogP contribution in [0.25, 0.3) is 0 Å². The first-order valence-corrected chi connectivity index (χ1v) is 8.84. The van der Waals surface area contributed by atoms with Crippen LogP contribution in [0.4, 0.5) is 5.69 Å². The van der Waals surface area contributed by atoms with Crippen LogP contribution >= 0.6 is 15.9 Å². The van der Waals surface area contributed by atoms with Gasteiger partial charge in [-0.15, -0.1) is 0 Å². The van der Waals surface area contributed by atoms with E-state index < -0.39 is 0 Å². The van der Waals surface area contributed by atoms with E-state index in [1.807, 2.05) is 31.2 Å². The zero-order valence-electron chi connectivity index (χ0n) is 14.0. The predicted molar refractivity (Wildman–Crippen MR) is 103 cm³/mol. The van der Waals surface area contributed by atoms with Crippen LogP contribution in [0.5, 0.6) is 0 Å². The van der Waals surface area contributed by atoms with Gasteiger partial charge in [0.1, 0.15) is 0 Å². The summed E-state index contributed by atoms with van der Waals surface area (Å²) in [5, 5.41) is 5.68. The zero-order valence-corrected chi connectivity index (χ0v) is 15.6. The fraction of sp³-hybridized carbons (Fsp3) is 0.100. The lowest BCUT2D eigenvalue weighted by atomic mass is 10.1. The first kappa shape index (κ1) is 17.9. The van der Waals surface area contributed by atoms with E-state index in [1.165, 1.54) is 6.26 Å². The van der Waals surface area contributed by atoms with Crippen LogP contribution in [0.15, 0.2) is 75.8 Å². The molecular formula is C20H17BrN2O3. The predicted octanol–water partition coefficient (Wildman–Crippen LogP) is 4.79. The van der Waals surface area contributed by atoms with Crippen molar-refractivity contribution in [3.05, 3.63) is 88.3 Å². The molecule has 5 nitrogen and oxygen atoms in total. The van der Waals surface area contributed by atoms with Crippen molar-refractivity contribution in [3.8, 4) is 0 Å². The third-order valence-electron chi connectivity index (χ3n) is 3.87. The molecule has 0 spiro atoms. The van der Waals surface area contributed by atoms with Gasteiger partial charge in [0, 0.05) is 15.7 Å². The average molecular weight is 413 g/mol. The van der Waals surface area contributed by atoms with E-state index in [0.29, 0.717) is 11.3 Å². The summed E-state index contributed by atoms with van der Waals surface area (Å²) in [4.78, 5) is 24.4. The van der Waals surface area contributed by atoms with E-state index in [9.17, 15) is 9.59 Å². The lowest BCUT2D eigenvalue weighted by Crippen LogP contribution is -2.26. The minimum atomic E-state index is -0.338. The van der Waals surface area contributed by atoms with Crippen molar-refractivity contribution in [2.24, 2.45) is 0 Å². The van der Waals surface area contributed by atoms with E-state index in [1.54, 1.807) is 36.4 Å². The van der Waals surface area contributed by atoms with Gasteiger partial charge in [-0.25, -0.2) is 0 Å². The summed E-state index contributed by atoms with van der Waals surface area (Å²) in [7, 11) is 0. The molecular weight excluding hydrogens is 396 g/mol. The van der Waals surface area contributed by atoms with Crippen LogP contribution in [0, 0.1) is 0 Å². The molecule has 0 aliphatic carbocycles. The second kappa shape index (κ2) is 8.01. The lowest BCUT2D eigenvalue weighted by molar-refractivity contribution is 0.0939. The molecule has 2 amide bonds. The van der Waals surface area contributed by atoms with Gasteiger partial charge >= 0.3 is 0 Å². The molecule has 1 atom stereocenters. The Kier molecular flexibility index (Phi) is 5.53. The molecule has 3 aromatic rings. The number of carbonyl (C=O) groups is 2. The molecule has 2 N–H and O–H groups in total. The van der Waals surface area contributed by atoms with Crippen molar-refractivity contribution in [3.63, 3.8) is 0 Å². The summed E-state index contributed by atoms with van der Waals surface area (Å²) < 4.78 is 5.99. The average Bonchev–Trinajstić information content (AvgIpc) is 3.17. The van der Waals surface area contributed by atoms with Gasteiger partial charge < -0.3 is 15.1 Å². The van der Waals surface area contributed by atoms with Crippen LogP contribution in [0.1, 0.15) is 39.4 Å². The Morgan fingerprint density at radius 1 is 0.962 bits per heavy atom. The fourth-order valence-corrected chi connectivity index (χ4v) is 3.12. The Hall–Kier alpha value is -2.86. The quantitative estimate of drug-likeness (QED) is 0.632. The van der Waals surface area contributed by atoms with Gasteiger partial charge in [-0.3, -0.25) is 9.59 Å². The summed E-state index contributed by atoms with van der Waals surface area (Å²) in [5.41, 5.74) is 2.10. The molecule has 0 bridgehead atoms. The number of nitrogens with one attached hydrogen (secondary N) is 2. The topological polar surface area (TPSA) is 71.3 Å². The van der Waals surface area contributed by atoms with Gasteiger partial charge in [-0.05, 0) is 55.0 Å². The van der Waals surface area contributed by atoms with Crippen molar-refractivity contribution < 1.29 is 14.0 Å². The maximum absolute atomic E-state index is 12.4. The molecule has 0 radical (unpaired) electrons. The highest BCUT2D eigenvalue weighted by atomic mass is 79.9. The molecule has 3 rings (SSSR count). The van der Waals surface area contributed by atoms with E-state index in [-0.39, 0.29) is 23.6 Å². The Balaban J connectivity index is 1.63. The van der Waals surface area contributed by atoms with Crippen molar-refractivity contribution in [1.29, 1.82) is 0 Å². The summed E-state index contributed by atoms with van der Waals surface area (Å²) in [6, 6.07) is 17.5. The van der Waals surface area contributed by atoms with E-state index in [4.69, 9.17) is 4.42 Å². The molecule has 0 aliphatic rings. The summed E-state index contributed by atoms with van der Waals surface area (Å²) in [5.74, 6) is -0.291. The number of hydrogen-bond acceptors (Lipinski definition) is 3. The van der Waals surface area contributed by atoms with Gasteiger partial charge in [-0.2, -0.15) is 0 Å². The molecule has 6 heteroatoms. The minimum Gasteiger partial charge on any atom is -0.459 e. The van der Waals surface area contributed by atoms with E-state index in [0.717, 1.165) is 10.0 Å².